The highest BCUT2D eigenvalue weighted by atomic mass is 16.1. The van der Waals surface area contributed by atoms with Gasteiger partial charge in [0.15, 0.2) is 5.96 Å². The number of carbonyl (C=O) groups excluding carboxylic acids is 1. The maximum absolute atomic E-state index is 13.2. The zero-order valence-corrected chi connectivity index (χ0v) is 12.2. The van der Waals surface area contributed by atoms with Crippen molar-refractivity contribution in [2.45, 2.75) is 12.1 Å². The molecule has 1 atom stereocenters. The van der Waals surface area contributed by atoms with E-state index < -0.39 is 5.66 Å². The minimum atomic E-state index is -1.08. The lowest BCUT2D eigenvalue weighted by Crippen LogP contribution is -2.46. The number of imidazole rings is 1. The first-order chi connectivity index (χ1) is 11.2. The molecule has 1 aliphatic carbocycles. The molecule has 3 aromatic rings. The van der Waals surface area contributed by atoms with E-state index in [1.807, 2.05) is 53.1 Å². The summed E-state index contributed by atoms with van der Waals surface area (Å²) < 4.78 is 1.88. The lowest BCUT2D eigenvalue weighted by Gasteiger charge is -2.31. The molecule has 2 aliphatic rings. The average Bonchev–Trinajstić information content (AvgIpc) is 3.04. The van der Waals surface area contributed by atoms with Gasteiger partial charge in [-0.05, 0) is 17.7 Å². The predicted octanol–water partition coefficient (Wildman–Crippen LogP) is 1.87. The summed E-state index contributed by atoms with van der Waals surface area (Å²) >= 11 is 0. The fourth-order valence-corrected chi connectivity index (χ4v) is 3.60. The molecule has 0 bridgehead atoms. The van der Waals surface area contributed by atoms with E-state index in [0.717, 1.165) is 16.6 Å². The number of carbonyl (C=O) groups is 1. The zero-order valence-electron chi connectivity index (χ0n) is 12.2. The van der Waals surface area contributed by atoms with Gasteiger partial charge in [0.1, 0.15) is 0 Å². The van der Waals surface area contributed by atoms with Crippen LogP contribution in [0.1, 0.15) is 15.9 Å². The fourth-order valence-electron chi connectivity index (χ4n) is 3.60. The Morgan fingerprint density at radius 1 is 1.13 bits per heavy atom. The Morgan fingerprint density at radius 2 is 1.91 bits per heavy atom. The first-order valence-corrected chi connectivity index (χ1v) is 7.42. The van der Waals surface area contributed by atoms with Gasteiger partial charge in [-0.1, -0.05) is 36.4 Å². The molecule has 0 saturated carbocycles. The molecule has 3 N–H and O–H groups in total. The number of hydrogen-bond acceptors (Lipinski definition) is 5. The second kappa shape index (κ2) is 3.98. The summed E-state index contributed by atoms with van der Waals surface area (Å²) in [5, 5.41) is 2.98. The van der Waals surface area contributed by atoms with Crippen LogP contribution in [0.4, 0.5) is 5.95 Å². The molecule has 2 heterocycles. The number of aliphatic imine (C=N–C) groups is 1. The van der Waals surface area contributed by atoms with Crippen LogP contribution in [0.2, 0.25) is 0 Å². The largest absolute Gasteiger partial charge is 0.370 e. The SMILES string of the molecule is NC1=NC2(Cc3ccccc3C2=O)n2c(nc3ccccc32)N1. The third-order valence-corrected chi connectivity index (χ3v) is 4.54. The monoisotopic (exact) mass is 303 g/mol. The zero-order chi connectivity index (χ0) is 15.6. The molecule has 2 aromatic carbocycles. The predicted molar refractivity (Wildman–Crippen MR) is 87.4 cm³/mol. The van der Waals surface area contributed by atoms with Crippen LogP contribution in [0.25, 0.3) is 11.0 Å². The van der Waals surface area contributed by atoms with E-state index in [4.69, 9.17) is 5.73 Å². The Hall–Kier alpha value is -3.15. The number of anilines is 1. The van der Waals surface area contributed by atoms with Crippen LogP contribution in [0.3, 0.4) is 0 Å². The number of para-hydroxylation sites is 2. The Morgan fingerprint density at radius 3 is 2.78 bits per heavy atom. The summed E-state index contributed by atoms with van der Waals surface area (Å²) in [5.41, 5.74) is 8.24. The van der Waals surface area contributed by atoms with Crippen molar-refractivity contribution in [3.8, 4) is 0 Å². The maximum Gasteiger partial charge on any atom is 0.213 e. The molecule has 1 aromatic heterocycles. The third-order valence-electron chi connectivity index (χ3n) is 4.54. The molecule has 6 nitrogen and oxygen atoms in total. The van der Waals surface area contributed by atoms with E-state index in [-0.39, 0.29) is 11.7 Å². The number of nitrogens with two attached hydrogens (primary N) is 1. The third kappa shape index (κ3) is 1.45. The van der Waals surface area contributed by atoms with E-state index in [1.54, 1.807) is 0 Å². The Kier molecular flexibility index (Phi) is 2.15. The smallest absolute Gasteiger partial charge is 0.213 e. The lowest BCUT2D eigenvalue weighted by atomic mass is 10.0. The van der Waals surface area contributed by atoms with Crippen LogP contribution < -0.4 is 11.1 Å². The number of benzene rings is 2. The van der Waals surface area contributed by atoms with Gasteiger partial charge in [0.25, 0.3) is 0 Å². The first-order valence-electron chi connectivity index (χ1n) is 7.42. The number of Topliss-reactive ketones (excluding diaryl/α,β-unsaturated/α-hetero) is 1. The second-order valence-corrected chi connectivity index (χ2v) is 5.86. The van der Waals surface area contributed by atoms with Gasteiger partial charge in [-0.15, -0.1) is 0 Å². The van der Waals surface area contributed by atoms with E-state index in [9.17, 15) is 4.79 Å². The summed E-state index contributed by atoms with van der Waals surface area (Å²) in [6.07, 6.45) is 0.484. The molecular weight excluding hydrogens is 290 g/mol. The minimum absolute atomic E-state index is 0.0399. The van der Waals surface area contributed by atoms with Crippen molar-refractivity contribution in [3.63, 3.8) is 0 Å². The number of nitrogens with one attached hydrogen (secondary N) is 1. The molecular formula is C17H13N5O. The molecule has 0 fully saturated rings. The molecule has 1 spiro atoms. The van der Waals surface area contributed by atoms with Crippen molar-refractivity contribution in [2.24, 2.45) is 10.7 Å². The Bertz CT molecular complexity index is 1020. The van der Waals surface area contributed by atoms with Gasteiger partial charge in [-0.25, -0.2) is 9.98 Å². The van der Waals surface area contributed by atoms with Crippen LogP contribution in [-0.4, -0.2) is 21.3 Å². The lowest BCUT2D eigenvalue weighted by molar-refractivity contribution is 0.0845. The molecule has 1 unspecified atom stereocenters. The van der Waals surface area contributed by atoms with Crippen molar-refractivity contribution < 1.29 is 4.79 Å². The highest BCUT2D eigenvalue weighted by molar-refractivity contribution is 6.10. The first kappa shape index (κ1) is 12.4. The number of ketones is 1. The van der Waals surface area contributed by atoms with Gasteiger partial charge in [0.2, 0.25) is 17.4 Å². The minimum Gasteiger partial charge on any atom is -0.370 e. The van der Waals surface area contributed by atoms with E-state index >= 15 is 0 Å². The van der Waals surface area contributed by atoms with Crippen LogP contribution in [0, 0.1) is 0 Å². The number of aromatic nitrogens is 2. The quantitative estimate of drug-likeness (QED) is 0.664. The maximum atomic E-state index is 13.2. The van der Waals surface area contributed by atoms with Gasteiger partial charge in [-0.2, -0.15) is 0 Å². The Balaban J connectivity index is 1.85. The molecule has 0 saturated heterocycles. The summed E-state index contributed by atoms with van der Waals surface area (Å²) in [7, 11) is 0. The highest BCUT2D eigenvalue weighted by Crippen LogP contribution is 2.42. The van der Waals surface area contributed by atoms with Crippen molar-refractivity contribution in [1.29, 1.82) is 0 Å². The fraction of sp³-hybridized carbons (Fsp3) is 0.118. The normalized spacial score (nSPS) is 21.9. The van der Waals surface area contributed by atoms with Gasteiger partial charge in [0.05, 0.1) is 11.0 Å². The van der Waals surface area contributed by atoms with Crippen molar-refractivity contribution in [1.82, 2.24) is 9.55 Å². The highest BCUT2D eigenvalue weighted by Gasteiger charge is 2.50. The van der Waals surface area contributed by atoms with Crippen LogP contribution >= 0.6 is 0 Å². The van der Waals surface area contributed by atoms with Gasteiger partial charge in [0, 0.05) is 12.0 Å². The van der Waals surface area contributed by atoms with E-state index in [2.05, 4.69) is 15.3 Å². The Labute approximate surface area is 131 Å². The molecule has 0 radical (unpaired) electrons. The molecule has 23 heavy (non-hydrogen) atoms. The summed E-state index contributed by atoms with van der Waals surface area (Å²) in [6.45, 7) is 0. The molecule has 112 valence electrons. The number of guanidine groups is 1. The van der Waals surface area contributed by atoms with E-state index in [1.165, 1.54) is 0 Å². The summed E-state index contributed by atoms with van der Waals surface area (Å²) in [5.74, 6) is 0.732. The standard InChI is InChI=1S/C17H13N5O/c18-15-20-16-19-12-7-3-4-8-13(12)22(16)17(21-15)9-10-5-1-2-6-11(10)14(17)23/h1-8H,9H2,(H3,18,19,20,21). The van der Waals surface area contributed by atoms with Crippen LogP contribution in [0.5, 0.6) is 0 Å². The van der Waals surface area contributed by atoms with Gasteiger partial charge >= 0.3 is 0 Å². The number of hydrogen-bond donors (Lipinski definition) is 2. The summed E-state index contributed by atoms with van der Waals surface area (Å²) in [4.78, 5) is 22.3. The van der Waals surface area contributed by atoms with Gasteiger partial charge < -0.3 is 5.73 Å². The number of fused-ring (bicyclic) bond motifs is 5. The average molecular weight is 303 g/mol. The van der Waals surface area contributed by atoms with Gasteiger partial charge in [-0.3, -0.25) is 14.7 Å². The number of rotatable bonds is 0. The van der Waals surface area contributed by atoms with Crippen LogP contribution in [-0.2, 0) is 12.1 Å². The summed E-state index contributed by atoms with van der Waals surface area (Å²) in [6, 6.07) is 15.3. The van der Waals surface area contributed by atoms with Crippen molar-refractivity contribution in [2.75, 3.05) is 5.32 Å². The number of nitrogens with zero attached hydrogens (tertiary/aromatic N) is 3. The second-order valence-electron chi connectivity index (χ2n) is 5.86. The molecule has 6 heteroatoms. The molecule has 1 aliphatic heterocycles. The van der Waals surface area contributed by atoms with Crippen LogP contribution in [0.15, 0.2) is 53.5 Å². The topological polar surface area (TPSA) is 85.3 Å². The van der Waals surface area contributed by atoms with E-state index in [0.29, 0.717) is 17.9 Å². The molecule has 0 amide bonds. The molecule has 5 rings (SSSR count). The van der Waals surface area contributed by atoms with Crippen molar-refractivity contribution in [3.05, 3.63) is 59.7 Å². The van der Waals surface area contributed by atoms with Crippen molar-refractivity contribution >= 4 is 28.7 Å².